The van der Waals surface area contributed by atoms with Crippen LogP contribution in [0.5, 0.6) is 0 Å². The molecule has 0 fully saturated rings. The predicted octanol–water partition coefficient (Wildman–Crippen LogP) is 5.25. The summed E-state index contributed by atoms with van der Waals surface area (Å²) in [6.07, 6.45) is 4.05. The number of pyridine rings is 1. The Labute approximate surface area is 261 Å². The van der Waals surface area contributed by atoms with E-state index in [9.17, 15) is 16.8 Å². The molecule has 0 aliphatic carbocycles. The highest BCUT2D eigenvalue weighted by atomic mass is 32.2. The number of hydrogen-bond acceptors (Lipinski definition) is 12. The van der Waals surface area contributed by atoms with E-state index in [1.165, 1.54) is 24.3 Å². The maximum absolute atomic E-state index is 11.8. The molecule has 0 unspecified atom stereocenters. The summed E-state index contributed by atoms with van der Waals surface area (Å²) in [5.41, 5.74) is 10.2. The van der Waals surface area contributed by atoms with E-state index >= 15 is 0 Å². The first-order valence-corrected chi connectivity index (χ1v) is 17.4. The normalized spacial score (nSPS) is 12.6. The van der Waals surface area contributed by atoms with Gasteiger partial charge in [0.1, 0.15) is 0 Å². The molecule has 12 nitrogen and oxygen atoms in total. The summed E-state index contributed by atoms with van der Waals surface area (Å²) in [6, 6.07) is 24.0. The summed E-state index contributed by atoms with van der Waals surface area (Å²) in [6.45, 7) is 3.57. The van der Waals surface area contributed by atoms with Gasteiger partial charge in [0.25, 0.3) is 0 Å². The van der Waals surface area contributed by atoms with Gasteiger partial charge in [-0.05, 0) is 73.5 Å². The van der Waals surface area contributed by atoms with Gasteiger partial charge in [-0.15, -0.1) is 0 Å². The fourth-order valence-electron chi connectivity index (χ4n) is 4.20. The Balaban J connectivity index is 1.42. The topological polar surface area (TPSA) is 168 Å². The Morgan fingerprint density at radius 1 is 0.667 bits per heavy atom. The second-order valence-corrected chi connectivity index (χ2v) is 14.2. The van der Waals surface area contributed by atoms with Crippen molar-refractivity contribution in [2.75, 3.05) is 28.7 Å². The summed E-state index contributed by atoms with van der Waals surface area (Å²) < 4.78 is 47.2. The lowest BCUT2D eigenvalue weighted by atomic mass is 10.1. The minimum Gasteiger partial charge on any atom is -0.324 e. The minimum atomic E-state index is -3.31. The Bertz CT molecular complexity index is 2040. The largest absolute Gasteiger partial charge is 0.324 e. The molecule has 0 bridgehead atoms. The molecule has 14 heteroatoms. The first-order valence-electron chi connectivity index (χ1n) is 13.6. The van der Waals surface area contributed by atoms with Crippen molar-refractivity contribution in [1.82, 2.24) is 15.0 Å². The van der Waals surface area contributed by atoms with Crippen molar-refractivity contribution in [2.45, 2.75) is 23.6 Å². The highest BCUT2D eigenvalue weighted by Gasteiger charge is 2.10. The molecular formula is C31H30N8O4S2. The summed E-state index contributed by atoms with van der Waals surface area (Å²) in [5, 5.41) is 13.0. The van der Waals surface area contributed by atoms with Gasteiger partial charge < -0.3 is 5.32 Å². The number of aromatic nitrogens is 3. The summed E-state index contributed by atoms with van der Waals surface area (Å²) >= 11 is 0. The van der Waals surface area contributed by atoms with Gasteiger partial charge in [0.2, 0.25) is 5.95 Å². The lowest BCUT2D eigenvalue weighted by Crippen LogP contribution is -2.07. The first kappa shape index (κ1) is 31.2. The number of benzene rings is 3. The molecule has 3 N–H and O–H groups in total. The molecule has 0 spiro atoms. The molecule has 2 aromatic heterocycles. The van der Waals surface area contributed by atoms with Gasteiger partial charge in [-0.2, -0.15) is 20.2 Å². The number of sulfone groups is 2. The van der Waals surface area contributed by atoms with E-state index < -0.39 is 19.7 Å². The molecule has 230 valence electrons. The monoisotopic (exact) mass is 642 g/mol. The average Bonchev–Trinajstić information content (AvgIpc) is 3.01. The molecule has 0 amide bonds. The summed E-state index contributed by atoms with van der Waals surface area (Å²) in [4.78, 5) is 13.9. The Hall–Kier alpha value is -5.21. The molecule has 0 aliphatic rings. The summed E-state index contributed by atoms with van der Waals surface area (Å²) in [7, 11) is -6.62. The SMILES string of the molecule is CC(=NNc1cc(NN=C(C)c2ccc(S(C)(=O)=O)cc2)nc(Nc2ccc3ncccc3c2)n1)c1ccc(S(C)(=O)=O)cc1. The number of hydrogen-bond donors (Lipinski definition) is 3. The standard InChI is InChI=1S/C31H30N8O4S2/c1-20(22-7-12-26(13-8-22)44(3,40)41)36-38-29-19-30(39-37-21(2)23-9-14-27(15-10-23)45(4,42)43)35-31(34-29)33-25-11-16-28-24(18-25)6-5-17-32-28/h5-19H,1-4H3,(H3,33,34,35,38,39). The first-order chi connectivity index (χ1) is 21.3. The van der Waals surface area contributed by atoms with Gasteiger partial charge >= 0.3 is 0 Å². The van der Waals surface area contributed by atoms with Crippen molar-refractivity contribution in [3.63, 3.8) is 0 Å². The number of hydrazone groups is 2. The molecule has 0 aliphatic heterocycles. The lowest BCUT2D eigenvalue weighted by molar-refractivity contribution is 0.600. The number of rotatable bonds is 10. The Morgan fingerprint density at radius 3 is 1.67 bits per heavy atom. The second kappa shape index (κ2) is 12.8. The smallest absolute Gasteiger partial charge is 0.231 e. The maximum Gasteiger partial charge on any atom is 0.231 e. The van der Waals surface area contributed by atoms with Crippen LogP contribution in [0.15, 0.2) is 111 Å². The van der Waals surface area contributed by atoms with E-state index in [0.29, 0.717) is 23.1 Å². The van der Waals surface area contributed by atoms with Crippen LogP contribution in [0, 0.1) is 0 Å². The van der Waals surface area contributed by atoms with Crippen LogP contribution in [0.25, 0.3) is 10.9 Å². The summed E-state index contributed by atoms with van der Waals surface area (Å²) in [5.74, 6) is 0.978. The maximum atomic E-state index is 11.8. The Morgan fingerprint density at radius 2 is 1.18 bits per heavy atom. The van der Waals surface area contributed by atoms with Crippen LogP contribution in [0.3, 0.4) is 0 Å². The third-order valence-corrected chi connectivity index (χ3v) is 8.92. The molecule has 0 saturated heterocycles. The van der Waals surface area contributed by atoms with E-state index in [1.807, 2.05) is 30.3 Å². The zero-order valence-electron chi connectivity index (χ0n) is 24.8. The molecule has 3 aromatic carbocycles. The average molecular weight is 643 g/mol. The van der Waals surface area contributed by atoms with Crippen molar-refractivity contribution < 1.29 is 16.8 Å². The molecule has 5 aromatic rings. The molecule has 2 heterocycles. The van der Waals surface area contributed by atoms with Crippen LogP contribution in [0.2, 0.25) is 0 Å². The minimum absolute atomic E-state index is 0.223. The van der Waals surface area contributed by atoms with E-state index in [2.05, 4.69) is 41.3 Å². The van der Waals surface area contributed by atoms with Crippen LogP contribution in [-0.2, 0) is 19.7 Å². The van der Waals surface area contributed by atoms with Gasteiger partial charge in [-0.3, -0.25) is 15.8 Å². The fourth-order valence-corrected chi connectivity index (χ4v) is 5.46. The molecule has 0 atom stereocenters. The highest BCUT2D eigenvalue weighted by Crippen LogP contribution is 2.22. The number of anilines is 4. The third-order valence-electron chi connectivity index (χ3n) is 6.66. The molecular weight excluding hydrogens is 613 g/mol. The van der Waals surface area contributed by atoms with E-state index in [4.69, 9.17) is 0 Å². The van der Waals surface area contributed by atoms with Gasteiger partial charge in [-0.1, -0.05) is 30.3 Å². The van der Waals surface area contributed by atoms with E-state index in [0.717, 1.165) is 40.2 Å². The highest BCUT2D eigenvalue weighted by molar-refractivity contribution is 7.91. The molecule has 0 radical (unpaired) electrons. The van der Waals surface area contributed by atoms with Gasteiger partial charge in [0.05, 0.1) is 26.7 Å². The third kappa shape index (κ3) is 8.04. The van der Waals surface area contributed by atoms with Crippen LogP contribution in [-0.4, -0.2) is 55.7 Å². The van der Waals surface area contributed by atoms with Crippen LogP contribution >= 0.6 is 0 Å². The molecule has 0 saturated carbocycles. The van der Waals surface area contributed by atoms with Gasteiger partial charge in [-0.25, -0.2) is 16.8 Å². The molecule has 45 heavy (non-hydrogen) atoms. The number of nitrogens with zero attached hydrogens (tertiary/aromatic N) is 5. The second-order valence-electron chi connectivity index (χ2n) is 10.2. The molecule has 5 rings (SSSR count). The number of nitrogens with one attached hydrogen (secondary N) is 3. The zero-order chi connectivity index (χ0) is 32.2. The van der Waals surface area contributed by atoms with Crippen molar-refractivity contribution >= 4 is 65.3 Å². The van der Waals surface area contributed by atoms with E-state index in [1.54, 1.807) is 50.4 Å². The van der Waals surface area contributed by atoms with Crippen molar-refractivity contribution in [3.8, 4) is 0 Å². The van der Waals surface area contributed by atoms with Crippen LogP contribution in [0.4, 0.5) is 23.3 Å². The number of fused-ring (bicyclic) bond motifs is 1. The zero-order valence-corrected chi connectivity index (χ0v) is 26.5. The van der Waals surface area contributed by atoms with E-state index in [-0.39, 0.29) is 15.7 Å². The van der Waals surface area contributed by atoms with Crippen molar-refractivity contribution in [1.29, 1.82) is 0 Å². The van der Waals surface area contributed by atoms with Crippen LogP contribution in [0.1, 0.15) is 25.0 Å². The van der Waals surface area contributed by atoms with Crippen molar-refractivity contribution in [3.05, 3.63) is 102 Å². The van der Waals surface area contributed by atoms with Crippen molar-refractivity contribution in [2.24, 2.45) is 10.2 Å². The predicted molar refractivity (Wildman–Crippen MR) is 178 cm³/mol. The fraction of sp³-hybridized carbons (Fsp3) is 0.129. The quantitative estimate of drug-likeness (QED) is 0.135. The van der Waals surface area contributed by atoms with Crippen LogP contribution < -0.4 is 16.2 Å². The van der Waals surface area contributed by atoms with Gasteiger partial charge in [0.15, 0.2) is 31.3 Å². The Kier molecular flexibility index (Phi) is 8.88. The lowest BCUT2D eigenvalue weighted by Gasteiger charge is -2.11. The van der Waals surface area contributed by atoms with Gasteiger partial charge in [0, 0.05) is 35.8 Å².